The monoisotopic (exact) mass is 423 g/mol. The summed E-state index contributed by atoms with van der Waals surface area (Å²) in [5, 5.41) is 0.879. The fourth-order valence-electron chi connectivity index (χ4n) is 4.44. The molecule has 1 aromatic heterocycles. The Labute approximate surface area is 171 Å². The number of hydrogen-bond donors (Lipinski definition) is 0. The van der Waals surface area contributed by atoms with E-state index in [0.29, 0.717) is 11.3 Å². The summed E-state index contributed by atoms with van der Waals surface area (Å²) >= 11 is 0. The van der Waals surface area contributed by atoms with Crippen molar-refractivity contribution in [2.45, 2.75) is 57.7 Å². The van der Waals surface area contributed by atoms with Crippen molar-refractivity contribution in [3.05, 3.63) is 39.7 Å². The lowest BCUT2D eigenvalue weighted by Crippen LogP contribution is -2.46. The SMILES string of the molecule is CC(Oc1ccc2c3c(c(=O)oc2c1)CCCC3)C(=O)N1CCC(C(F)(F)F)CC1. The fraction of sp³-hybridized carbons (Fsp3) is 0.545. The minimum atomic E-state index is -4.22. The molecule has 5 nitrogen and oxygen atoms in total. The molecule has 4 rings (SSSR count). The van der Waals surface area contributed by atoms with Crippen molar-refractivity contribution in [2.75, 3.05) is 13.1 Å². The van der Waals surface area contributed by atoms with E-state index < -0.39 is 18.2 Å². The molecule has 2 aromatic rings. The molecule has 1 atom stereocenters. The van der Waals surface area contributed by atoms with Crippen LogP contribution in [0, 0.1) is 5.92 Å². The summed E-state index contributed by atoms with van der Waals surface area (Å²) in [4.78, 5) is 26.3. The van der Waals surface area contributed by atoms with Crippen LogP contribution in [0.5, 0.6) is 5.75 Å². The van der Waals surface area contributed by atoms with Crippen molar-refractivity contribution in [3.8, 4) is 5.75 Å². The van der Waals surface area contributed by atoms with E-state index in [9.17, 15) is 22.8 Å². The maximum atomic E-state index is 12.8. The highest BCUT2D eigenvalue weighted by atomic mass is 19.4. The predicted molar refractivity (Wildman–Crippen MR) is 105 cm³/mol. The molecule has 1 fully saturated rings. The van der Waals surface area contributed by atoms with E-state index in [-0.39, 0.29) is 37.5 Å². The van der Waals surface area contributed by atoms with Crippen LogP contribution >= 0.6 is 0 Å². The van der Waals surface area contributed by atoms with E-state index in [4.69, 9.17) is 9.15 Å². The highest BCUT2D eigenvalue weighted by Gasteiger charge is 2.42. The quantitative estimate of drug-likeness (QED) is 0.693. The minimum Gasteiger partial charge on any atom is -0.481 e. The zero-order valence-electron chi connectivity index (χ0n) is 16.8. The standard InChI is InChI=1S/C22H24F3NO4/c1-13(20(27)26-10-8-14(9-11-26)22(23,24)25)29-15-6-7-17-16-4-2-3-5-18(16)21(28)30-19(17)12-15/h6-7,12-14H,2-5,8-11H2,1H3. The Balaban J connectivity index is 1.46. The van der Waals surface area contributed by atoms with Gasteiger partial charge in [-0.25, -0.2) is 4.79 Å². The van der Waals surface area contributed by atoms with Crippen molar-refractivity contribution in [1.82, 2.24) is 4.90 Å². The van der Waals surface area contributed by atoms with E-state index in [1.54, 1.807) is 19.1 Å². The molecule has 0 spiro atoms. The molecule has 2 aliphatic rings. The Morgan fingerprint density at radius 2 is 1.83 bits per heavy atom. The van der Waals surface area contributed by atoms with E-state index in [0.717, 1.165) is 42.2 Å². The molecule has 0 bridgehead atoms. The van der Waals surface area contributed by atoms with Crippen LogP contribution in [0.4, 0.5) is 13.2 Å². The van der Waals surface area contributed by atoms with E-state index in [1.165, 1.54) is 4.90 Å². The number of ether oxygens (including phenoxy) is 1. The lowest BCUT2D eigenvalue weighted by molar-refractivity contribution is -0.187. The van der Waals surface area contributed by atoms with Crippen LogP contribution in [-0.2, 0) is 17.6 Å². The second-order valence-corrected chi connectivity index (χ2v) is 8.11. The number of benzene rings is 1. The van der Waals surface area contributed by atoms with Crippen LogP contribution in [0.2, 0.25) is 0 Å². The summed E-state index contributed by atoms with van der Waals surface area (Å²) in [5.74, 6) is -1.32. The number of aryl methyl sites for hydroxylation is 1. The molecule has 2 heterocycles. The Morgan fingerprint density at radius 3 is 2.50 bits per heavy atom. The summed E-state index contributed by atoms with van der Waals surface area (Å²) in [6, 6.07) is 5.17. The molecular weight excluding hydrogens is 399 g/mol. The number of amides is 1. The molecule has 1 saturated heterocycles. The Kier molecular flexibility index (Phi) is 5.51. The van der Waals surface area contributed by atoms with Gasteiger partial charge in [-0.05, 0) is 63.1 Å². The van der Waals surface area contributed by atoms with Gasteiger partial charge in [0.05, 0.1) is 5.92 Å². The number of nitrogens with zero attached hydrogens (tertiary/aromatic N) is 1. The number of fused-ring (bicyclic) bond motifs is 3. The van der Waals surface area contributed by atoms with E-state index in [1.807, 2.05) is 6.07 Å². The summed E-state index contributed by atoms with van der Waals surface area (Å²) in [6.45, 7) is 1.70. The molecular formula is C22H24F3NO4. The molecule has 1 aliphatic carbocycles. The number of halogens is 3. The van der Waals surface area contributed by atoms with E-state index >= 15 is 0 Å². The third-order valence-electron chi connectivity index (χ3n) is 6.13. The molecule has 0 N–H and O–H groups in total. The Morgan fingerprint density at radius 1 is 1.17 bits per heavy atom. The highest BCUT2D eigenvalue weighted by Crippen LogP contribution is 2.34. The number of carbonyl (C=O) groups excluding carboxylic acids is 1. The molecule has 1 aromatic carbocycles. The maximum Gasteiger partial charge on any atom is 0.391 e. The van der Waals surface area contributed by atoms with Crippen molar-refractivity contribution >= 4 is 16.9 Å². The molecule has 1 unspecified atom stereocenters. The third kappa shape index (κ3) is 4.04. The van der Waals surface area contributed by atoms with Gasteiger partial charge in [0.15, 0.2) is 6.10 Å². The number of piperidine rings is 1. The number of carbonyl (C=O) groups is 1. The van der Waals surface area contributed by atoms with Gasteiger partial charge in [-0.15, -0.1) is 0 Å². The number of alkyl halides is 3. The summed E-state index contributed by atoms with van der Waals surface area (Å²) < 4.78 is 49.7. The van der Waals surface area contributed by atoms with Crippen molar-refractivity contribution in [2.24, 2.45) is 5.92 Å². The van der Waals surface area contributed by atoms with Gasteiger partial charge in [0.1, 0.15) is 11.3 Å². The first-order chi connectivity index (χ1) is 14.2. The maximum absolute atomic E-state index is 12.8. The van der Waals surface area contributed by atoms with Crippen molar-refractivity contribution in [3.63, 3.8) is 0 Å². The molecule has 162 valence electrons. The summed E-state index contributed by atoms with van der Waals surface area (Å²) in [7, 11) is 0. The van der Waals surface area contributed by atoms with Gasteiger partial charge in [-0.3, -0.25) is 4.79 Å². The van der Waals surface area contributed by atoms with E-state index in [2.05, 4.69) is 0 Å². The summed E-state index contributed by atoms with van der Waals surface area (Å²) in [6.07, 6.45) is -1.68. The lowest BCUT2D eigenvalue weighted by atomic mass is 9.91. The Hall–Kier alpha value is -2.51. The van der Waals surface area contributed by atoms with Crippen LogP contribution in [0.25, 0.3) is 11.0 Å². The average molecular weight is 423 g/mol. The first kappa shape index (κ1) is 20.8. The van der Waals surface area contributed by atoms with Gasteiger partial charge in [0, 0.05) is 30.1 Å². The first-order valence-corrected chi connectivity index (χ1v) is 10.3. The van der Waals surface area contributed by atoms with Gasteiger partial charge in [0.2, 0.25) is 0 Å². The Bertz CT molecular complexity index is 1010. The second-order valence-electron chi connectivity index (χ2n) is 8.11. The van der Waals surface area contributed by atoms with Gasteiger partial charge in [0.25, 0.3) is 5.91 Å². The summed E-state index contributed by atoms with van der Waals surface area (Å²) in [5.41, 5.74) is 1.86. The lowest BCUT2D eigenvalue weighted by Gasteiger charge is -2.34. The predicted octanol–water partition coefficient (Wildman–Crippen LogP) is 4.24. The molecule has 30 heavy (non-hydrogen) atoms. The van der Waals surface area contributed by atoms with Gasteiger partial charge in [-0.2, -0.15) is 13.2 Å². The zero-order valence-corrected chi connectivity index (χ0v) is 16.8. The molecule has 1 amide bonds. The topological polar surface area (TPSA) is 59.8 Å². The van der Waals surface area contributed by atoms with Crippen molar-refractivity contribution in [1.29, 1.82) is 0 Å². The van der Waals surface area contributed by atoms with Gasteiger partial charge >= 0.3 is 11.8 Å². The van der Waals surface area contributed by atoms with Gasteiger partial charge < -0.3 is 14.1 Å². The molecule has 0 radical (unpaired) electrons. The number of hydrogen-bond acceptors (Lipinski definition) is 4. The molecule has 1 aliphatic heterocycles. The third-order valence-corrected chi connectivity index (χ3v) is 6.13. The van der Waals surface area contributed by atoms with Crippen LogP contribution in [0.1, 0.15) is 43.7 Å². The zero-order chi connectivity index (χ0) is 21.5. The van der Waals surface area contributed by atoms with Crippen LogP contribution in [-0.4, -0.2) is 36.2 Å². The minimum absolute atomic E-state index is 0.0649. The first-order valence-electron chi connectivity index (χ1n) is 10.3. The smallest absolute Gasteiger partial charge is 0.391 e. The number of rotatable bonds is 3. The van der Waals surface area contributed by atoms with Crippen LogP contribution in [0.15, 0.2) is 27.4 Å². The van der Waals surface area contributed by atoms with Crippen LogP contribution < -0.4 is 10.4 Å². The second kappa shape index (κ2) is 7.96. The molecule has 8 heteroatoms. The fourth-order valence-corrected chi connectivity index (χ4v) is 4.44. The normalized spacial score (nSPS) is 18.9. The average Bonchev–Trinajstić information content (AvgIpc) is 2.72. The number of likely N-dealkylation sites (tertiary alicyclic amines) is 1. The van der Waals surface area contributed by atoms with Gasteiger partial charge in [-0.1, -0.05) is 0 Å². The highest BCUT2D eigenvalue weighted by molar-refractivity contribution is 5.84. The van der Waals surface area contributed by atoms with Crippen LogP contribution in [0.3, 0.4) is 0 Å². The van der Waals surface area contributed by atoms with Crippen molar-refractivity contribution < 1.29 is 27.1 Å². The molecule has 0 saturated carbocycles. The largest absolute Gasteiger partial charge is 0.481 e.